The predicted molar refractivity (Wildman–Crippen MR) is 57.1 cm³/mol. The minimum Gasteiger partial charge on any atom is -0.192 e. The molecule has 1 aliphatic carbocycles. The van der Waals surface area contributed by atoms with E-state index in [1.54, 1.807) is 0 Å². The molecular formula is C13H15N. The van der Waals surface area contributed by atoms with Gasteiger partial charge in [0, 0.05) is 0 Å². The molecule has 1 nitrogen and oxygen atoms in total. The van der Waals surface area contributed by atoms with Crippen LogP contribution >= 0.6 is 0 Å². The summed E-state index contributed by atoms with van der Waals surface area (Å²) in [4.78, 5) is 0. The molecule has 14 heavy (non-hydrogen) atoms. The Balaban J connectivity index is 2.52. The number of rotatable bonds is 0. The lowest BCUT2D eigenvalue weighted by atomic mass is 9.81. The molecule has 0 bridgehead atoms. The SMILES string of the molecule is C[C@@H]1c2cc(C#N)ccc2CC1(C)C. The first-order valence-electron chi connectivity index (χ1n) is 5.07. The lowest BCUT2D eigenvalue weighted by molar-refractivity contribution is 0.330. The number of hydrogen-bond acceptors (Lipinski definition) is 1. The molecule has 2 rings (SSSR count). The van der Waals surface area contributed by atoms with Gasteiger partial charge in [-0.05, 0) is 41.0 Å². The second-order valence-electron chi connectivity index (χ2n) is 4.91. The maximum atomic E-state index is 8.84. The normalized spacial score (nSPS) is 22.9. The maximum Gasteiger partial charge on any atom is 0.0991 e. The predicted octanol–water partition coefficient (Wildman–Crippen LogP) is 3.24. The van der Waals surface area contributed by atoms with Gasteiger partial charge in [0.1, 0.15) is 0 Å². The first-order chi connectivity index (χ1) is 6.54. The maximum absolute atomic E-state index is 8.84. The van der Waals surface area contributed by atoms with Gasteiger partial charge >= 0.3 is 0 Å². The average molecular weight is 185 g/mol. The molecular weight excluding hydrogens is 170 g/mol. The first-order valence-corrected chi connectivity index (χ1v) is 5.07. The first kappa shape index (κ1) is 9.27. The number of nitrogens with zero attached hydrogens (tertiary/aromatic N) is 1. The van der Waals surface area contributed by atoms with Crippen LogP contribution in [0.25, 0.3) is 0 Å². The molecule has 72 valence electrons. The molecule has 1 aromatic carbocycles. The summed E-state index contributed by atoms with van der Waals surface area (Å²) >= 11 is 0. The summed E-state index contributed by atoms with van der Waals surface area (Å²) in [7, 11) is 0. The van der Waals surface area contributed by atoms with Gasteiger partial charge in [-0.15, -0.1) is 0 Å². The fourth-order valence-electron chi connectivity index (χ4n) is 2.29. The Morgan fingerprint density at radius 1 is 1.43 bits per heavy atom. The molecule has 0 unspecified atom stereocenters. The Labute approximate surface area is 85.4 Å². The lowest BCUT2D eigenvalue weighted by Gasteiger charge is -2.23. The van der Waals surface area contributed by atoms with Crippen molar-refractivity contribution < 1.29 is 0 Å². The summed E-state index contributed by atoms with van der Waals surface area (Å²) in [5.74, 6) is 0.561. The van der Waals surface area contributed by atoms with Crippen LogP contribution in [0.15, 0.2) is 18.2 Å². The van der Waals surface area contributed by atoms with Crippen molar-refractivity contribution in [1.82, 2.24) is 0 Å². The van der Waals surface area contributed by atoms with Crippen molar-refractivity contribution in [3.8, 4) is 6.07 Å². The van der Waals surface area contributed by atoms with Gasteiger partial charge in [-0.3, -0.25) is 0 Å². The third-order valence-corrected chi connectivity index (χ3v) is 3.56. The topological polar surface area (TPSA) is 23.8 Å². The molecule has 0 radical (unpaired) electrons. The smallest absolute Gasteiger partial charge is 0.0991 e. The van der Waals surface area contributed by atoms with Crippen LogP contribution < -0.4 is 0 Å². The van der Waals surface area contributed by atoms with E-state index in [0.29, 0.717) is 11.3 Å². The van der Waals surface area contributed by atoms with E-state index in [-0.39, 0.29) is 0 Å². The summed E-state index contributed by atoms with van der Waals surface area (Å²) < 4.78 is 0. The van der Waals surface area contributed by atoms with Crippen molar-refractivity contribution in [1.29, 1.82) is 5.26 Å². The van der Waals surface area contributed by atoms with E-state index in [1.165, 1.54) is 11.1 Å². The highest BCUT2D eigenvalue weighted by Crippen LogP contribution is 2.46. The van der Waals surface area contributed by atoms with Crippen molar-refractivity contribution in [2.75, 3.05) is 0 Å². The molecule has 0 saturated heterocycles. The molecule has 1 aromatic rings. The molecule has 1 heteroatoms. The highest BCUT2D eigenvalue weighted by Gasteiger charge is 2.35. The molecule has 1 aliphatic rings. The zero-order valence-corrected chi connectivity index (χ0v) is 8.96. The van der Waals surface area contributed by atoms with Crippen LogP contribution in [0, 0.1) is 16.7 Å². The molecule has 0 saturated carbocycles. The van der Waals surface area contributed by atoms with Crippen LogP contribution in [-0.2, 0) is 6.42 Å². The van der Waals surface area contributed by atoms with Crippen molar-refractivity contribution >= 4 is 0 Å². The van der Waals surface area contributed by atoms with Crippen molar-refractivity contribution in [2.45, 2.75) is 33.1 Å². The van der Waals surface area contributed by atoms with E-state index >= 15 is 0 Å². The summed E-state index contributed by atoms with van der Waals surface area (Å²) in [6, 6.07) is 8.29. The average Bonchev–Trinajstić information content (AvgIpc) is 2.38. The fraction of sp³-hybridized carbons (Fsp3) is 0.462. The number of fused-ring (bicyclic) bond motifs is 1. The minimum atomic E-state index is 0.344. The molecule has 0 fully saturated rings. The third kappa shape index (κ3) is 1.23. The summed E-state index contributed by atoms with van der Waals surface area (Å²) in [5, 5.41) is 8.84. The van der Waals surface area contributed by atoms with Gasteiger partial charge in [0.25, 0.3) is 0 Å². The number of hydrogen-bond donors (Lipinski definition) is 0. The van der Waals surface area contributed by atoms with Gasteiger partial charge in [0.15, 0.2) is 0 Å². The summed E-state index contributed by atoms with van der Waals surface area (Å²) in [5.41, 5.74) is 3.92. The Hall–Kier alpha value is -1.29. The second kappa shape index (κ2) is 2.85. The van der Waals surface area contributed by atoms with Gasteiger partial charge in [-0.1, -0.05) is 26.8 Å². The van der Waals surface area contributed by atoms with E-state index in [9.17, 15) is 0 Å². The Bertz CT molecular complexity index is 410. The molecule has 0 aromatic heterocycles. The van der Waals surface area contributed by atoms with Crippen LogP contribution in [0.1, 0.15) is 43.4 Å². The summed E-state index contributed by atoms with van der Waals surface area (Å²) in [6.45, 7) is 6.85. The third-order valence-electron chi connectivity index (χ3n) is 3.56. The quantitative estimate of drug-likeness (QED) is 0.608. The number of nitriles is 1. The Morgan fingerprint density at radius 2 is 2.14 bits per heavy atom. The highest BCUT2D eigenvalue weighted by atomic mass is 14.4. The Kier molecular flexibility index (Phi) is 1.89. The molecule has 0 spiro atoms. The van der Waals surface area contributed by atoms with Gasteiger partial charge in [-0.2, -0.15) is 5.26 Å². The number of benzene rings is 1. The highest BCUT2D eigenvalue weighted by molar-refractivity contribution is 5.44. The van der Waals surface area contributed by atoms with Crippen molar-refractivity contribution in [2.24, 2.45) is 5.41 Å². The van der Waals surface area contributed by atoms with Crippen LogP contribution in [0.2, 0.25) is 0 Å². The zero-order chi connectivity index (χ0) is 10.3. The van der Waals surface area contributed by atoms with Crippen LogP contribution in [0.3, 0.4) is 0 Å². The Morgan fingerprint density at radius 3 is 2.79 bits per heavy atom. The zero-order valence-electron chi connectivity index (χ0n) is 8.96. The van der Waals surface area contributed by atoms with Crippen LogP contribution in [0.5, 0.6) is 0 Å². The standard InChI is InChI=1S/C13H15N/c1-9-12-6-10(8-14)4-5-11(12)7-13(9,2)3/h4-6,9H,7H2,1-3H3/t9-/m1/s1. The molecule has 0 aliphatic heterocycles. The van der Waals surface area contributed by atoms with E-state index in [2.05, 4.69) is 39.0 Å². The lowest BCUT2D eigenvalue weighted by Crippen LogP contribution is -2.14. The van der Waals surface area contributed by atoms with Crippen molar-refractivity contribution in [3.63, 3.8) is 0 Å². The summed E-state index contributed by atoms with van der Waals surface area (Å²) in [6.07, 6.45) is 1.13. The van der Waals surface area contributed by atoms with E-state index in [1.807, 2.05) is 6.07 Å². The van der Waals surface area contributed by atoms with Crippen LogP contribution in [0.4, 0.5) is 0 Å². The molecule has 1 atom stereocenters. The molecule has 0 amide bonds. The largest absolute Gasteiger partial charge is 0.192 e. The minimum absolute atomic E-state index is 0.344. The van der Waals surface area contributed by atoms with Gasteiger partial charge in [0.2, 0.25) is 0 Å². The molecule has 0 N–H and O–H groups in total. The van der Waals surface area contributed by atoms with Gasteiger partial charge < -0.3 is 0 Å². The second-order valence-corrected chi connectivity index (χ2v) is 4.91. The fourth-order valence-corrected chi connectivity index (χ4v) is 2.29. The van der Waals surface area contributed by atoms with E-state index in [4.69, 9.17) is 5.26 Å². The van der Waals surface area contributed by atoms with Gasteiger partial charge in [0.05, 0.1) is 11.6 Å². The monoisotopic (exact) mass is 185 g/mol. The molecule has 0 heterocycles. The van der Waals surface area contributed by atoms with Crippen molar-refractivity contribution in [3.05, 3.63) is 34.9 Å². The van der Waals surface area contributed by atoms with Crippen LogP contribution in [-0.4, -0.2) is 0 Å². The van der Waals surface area contributed by atoms with Gasteiger partial charge in [-0.25, -0.2) is 0 Å². The van der Waals surface area contributed by atoms with E-state index in [0.717, 1.165) is 12.0 Å². The van der Waals surface area contributed by atoms with E-state index < -0.39 is 0 Å².